The number of rotatable bonds is 8. The Labute approximate surface area is 451 Å². The Balaban J connectivity index is 0.000000166. The zero-order valence-electron chi connectivity index (χ0n) is 47.2. The van der Waals surface area contributed by atoms with Gasteiger partial charge in [0.25, 0.3) is 0 Å². The predicted octanol–water partition coefficient (Wildman–Crippen LogP) is 14.4. The Hall–Kier alpha value is -3.91. The monoisotopic (exact) mass is 1120 g/mol. The molecule has 0 amide bonds. The lowest BCUT2D eigenvalue weighted by atomic mass is 9.46. The van der Waals surface area contributed by atoms with E-state index < -0.39 is 11.2 Å². The maximum Gasteiger partial charge on any atom is 0.126 e. The van der Waals surface area contributed by atoms with E-state index in [1.165, 1.54) is 58.7 Å². The van der Waals surface area contributed by atoms with E-state index in [-0.39, 0.29) is 29.3 Å². The smallest absolute Gasteiger partial charge is 0.126 e. The van der Waals surface area contributed by atoms with Gasteiger partial charge in [0.2, 0.25) is 0 Å². The lowest BCUT2D eigenvalue weighted by molar-refractivity contribution is -0.178. The minimum absolute atomic E-state index is 0.0355. The van der Waals surface area contributed by atoms with Crippen molar-refractivity contribution in [3.8, 4) is 28.7 Å². The van der Waals surface area contributed by atoms with Gasteiger partial charge in [-0.05, 0) is 183 Å². The number of aliphatic hydroxyl groups excluding tert-OH is 1. The summed E-state index contributed by atoms with van der Waals surface area (Å²) in [7, 11) is 6.57. The first-order valence-electron chi connectivity index (χ1n) is 26.6. The Kier molecular flexibility index (Phi) is 18.5. The fourth-order valence-electron chi connectivity index (χ4n) is 14.2. The normalized spacial score (nSPS) is 28.8. The van der Waals surface area contributed by atoms with E-state index in [1.54, 1.807) is 28.4 Å². The van der Waals surface area contributed by atoms with Gasteiger partial charge < -0.3 is 39.0 Å². The van der Waals surface area contributed by atoms with Crippen molar-refractivity contribution in [2.24, 2.45) is 45.3 Å². The fraction of sp³-hybridized carbons (Fsp3) is 0.613. The van der Waals surface area contributed by atoms with Crippen LogP contribution in [0.4, 0.5) is 0 Å². The number of methoxy groups -OCH3 is 4. The van der Waals surface area contributed by atoms with Gasteiger partial charge in [0.15, 0.2) is 0 Å². The summed E-state index contributed by atoms with van der Waals surface area (Å²) in [6.07, 6.45) is 15.1. The standard InChI is InChI=1S/C23H36O4.C16H16N2.C15H28O2.C8H9IO2/c1-21(2)9-7-10-22(3)19(21)8-11-23(4,24)20(22)15-27-18-13-16(25-5)12-17(14-18)26-6;1-9-7-17-15-13(11(9)3)5-6-14-12(4)10(2)8-18-16(14)15;1-13(2)7-5-8-14(3)11(13)6-9-15(4,17)12(14)10-16;1-10-7-3-6(9)4-8(5-7)11-2/h12-14,19-20,24H,7-11,15H2,1-6H3;5-8H,1-4H3;11-12,16-17H,5-10H2,1-4H3;3-5H,1-2H3/t19?,20-,22+,23-;;11?,12-,14+,15-;/m1.1./s1. The predicted molar refractivity (Wildman–Crippen MR) is 306 cm³/mol. The molecular formula is C62H89IN2O8. The molecule has 9 rings (SSSR count). The first-order valence-corrected chi connectivity index (χ1v) is 27.7. The number of nitrogens with zero attached hydrogens (tertiary/aromatic N) is 2. The molecule has 0 bridgehead atoms. The summed E-state index contributed by atoms with van der Waals surface area (Å²) in [5.41, 5.74) is 6.55. The van der Waals surface area contributed by atoms with Crippen LogP contribution in [0.2, 0.25) is 0 Å². The first kappa shape index (κ1) is 58.4. The second-order valence-electron chi connectivity index (χ2n) is 24.3. The third-order valence-electron chi connectivity index (χ3n) is 18.7. The fourth-order valence-corrected chi connectivity index (χ4v) is 14.8. The van der Waals surface area contributed by atoms with Crippen LogP contribution < -0.4 is 23.7 Å². The number of aliphatic hydroxyl groups is 3. The van der Waals surface area contributed by atoms with E-state index in [0.717, 1.165) is 70.4 Å². The van der Waals surface area contributed by atoms with Crippen LogP contribution >= 0.6 is 22.6 Å². The van der Waals surface area contributed by atoms with Crippen LogP contribution in [0.1, 0.15) is 142 Å². The largest absolute Gasteiger partial charge is 0.497 e. The minimum Gasteiger partial charge on any atom is -0.497 e. The molecule has 11 heteroatoms. The molecule has 4 saturated carbocycles. The van der Waals surface area contributed by atoms with Gasteiger partial charge in [-0.25, -0.2) is 0 Å². The van der Waals surface area contributed by atoms with Gasteiger partial charge in [0.05, 0.1) is 57.3 Å². The highest BCUT2D eigenvalue weighted by Gasteiger charge is 2.59. The number of fused-ring (bicyclic) bond motifs is 5. The van der Waals surface area contributed by atoms with E-state index >= 15 is 0 Å². The van der Waals surface area contributed by atoms with Gasteiger partial charge in [-0.1, -0.05) is 66.5 Å². The number of pyridine rings is 2. The van der Waals surface area contributed by atoms with E-state index in [9.17, 15) is 15.3 Å². The van der Waals surface area contributed by atoms with Gasteiger partial charge in [-0.15, -0.1) is 0 Å². The highest BCUT2D eigenvalue weighted by molar-refractivity contribution is 14.1. The summed E-state index contributed by atoms with van der Waals surface area (Å²) in [6, 6.07) is 15.7. The zero-order valence-corrected chi connectivity index (χ0v) is 49.4. The van der Waals surface area contributed by atoms with Crippen LogP contribution in [0.5, 0.6) is 28.7 Å². The number of hydrogen-bond acceptors (Lipinski definition) is 10. The van der Waals surface area contributed by atoms with Crippen LogP contribution in [0, 0.1) is 76.6 Å². The van der Waals surface area contributed by atoms with Crippen LogP contribution in [0.3, 0.4) is 0 Å². The van der Waals surface area contributed by atoms with Gasteiger partial charge in [-0.2, -0.15) is 0 Å². The Morgan fingerprint density at radius 3 is 1.30 bits per heavy atom. The van der Waals surface area contributed by atoms with Gasteiger partial charge in [0, 0.05) is 69.4 Å². The van der Waals surface area contributed by atoms with Crippen LogP contribution in [-0.2, 0) is 0 Å². The first-order chi connectivity index (χ1) is 34.2. The molecule has 0 radical (unpaired) electrons. The van der Waals surface area contributed by atoms with Gasteiger partial charge in [0.1, 0.15) is 28.7 Å². The van der Waals surface area contributed by atoms with E-state index in [1.807, 2.05) is 62.6 Å². The third kappa shape index (κ3) is 12.5. The molecule has 73 heavy (non-hydrogen) atoms. The molecule has 0 spiro atoms. The molecule has 3 N–H and O–H groups in total. The topological polar surface area (TPSA) is 133 Å². The highest BCUT2D eigenvalue weighted by atomic mass is 127. The molecule has 2 heterocycles. The summed E-state index contributed by atoms with van der Waals surface area (Å²) in [5.74, 6) is 5.19. The Morgan fingerprint density at radius 1 is 0.534 bits per heavy atom. The molecule has 0 aliphatic heterocycles. The Morgan fingerprint density at radius 2 is 0.904 bits per heavy atom. The van der Waals surface area contributed by atoms with Crippen molar-refractivity contribution in [2.45, 2.75) is 158 Å². The van der Waals surface area contributed by atoms with E-state index in [4.69, 9.17) is 23.7 Å². The molecule has 0 saturated heterocycles. The average Bonchev–Trinajstić information content (AvgIpc) is 3.32. The van der Waals surface area contributed by atoms with E-state index in [2.05, 4.69) is 114 Å². The summed E-state index contributed by atoms with van der Waals surface area (Å²) in [4.78, 5) is 9.16. The van der Waals surface area contributed by atoms with Crippen LogP contribution in [0.15, 0.2) is 60.9 Å². The minimum atomic E-state index is -0.707. The number of halogens is 1. The second-order valence-corrected chi connectivity index (χ2v) is 25.5. The molecule has 4 aliphatic carbocycles. The summed E-state index contributed by atoms with van der Waals surface area (Å²) in [6.45, 7) is 27.2. The highest BCUT2D eigenvalue weighted by Crippen LogP contribution is 2.63. The lowest BCUT2D eigenvalue weighted by Gasteiger charge is -2.60. The molecule has 8 atom stereocenters. The van der Waals surface area contributed by atoms with Gasteiger partial charge >= 0.3 is 0 Å². The number of hydrogen-bond donors (Lipinski definition) is 3. The number of benzene rings is 3. The molecular weight excluding hydrogens is 1030 g/mol. The Bertz CT molecular complexity index is 2560. The maximum absolute atomic E-state index is 11.3. The summed E-state index contributed by atoms with van der Waals surface area (Å²) in [5, 5.41) is 34.0. The van der Waals surface area contributed by atoms with Crippen molar-refractivity contribution in [3.63, 3.8) is 0 Å². The molecule has 402 valence electrons. The van der Waals surface area contributed by atoms with Crippen molar-refractivity contribution in [1.82, 2.24) is 9.97 Å². The quantitative estimate of drug-likeness (QED) is 0.102. The lowest BCUT2D eigenvalue weighted by Crippen LogP contribution is -2.59. The zero-order chi connectivity index (χ0) is 53.9. The molecule has 4 fully saturated rings. The van der Waals surface area contributed by atoms with Crippen molar-refractivity contribution in [2.75, 3.05) is 41.7 Å². The second kappa shape index (κ2) is 23.1. The average molecular weight is 1120 g/mol. The van der Waals surface area contributed by atoms with Crippen LogP contribution in [-0.4, -0.2) is 78.1 Å². The number of aryl methyl sites for hydroxylation is 4. The van der Waals surface area contributed by atoms with Gasteiger partial charge in [-0.3, -0.25) is 9.97 Å². The molecule has 2 aromatic heterocycles. The van der Waals surface area contributed by atoms with Crippen molar-refractivity contribution in [1.29, 1.82) is 0 Å². The van der Waals surface area contributed by atoms with Crippen molar-refractivity contribution in [3.05, 3.63) is 86.7 Å². The van der Waals surface area contributed by atoms with Crippen LogP contribution in [0.25, 0.3) is 21.8 Å². The molecule has 2 unspecified atom stereocenters. The molecule has 10 nitrogen and oxygen atoms in total. The van der Waals surface area contributed by atoms with E-state index in [0.29, 0.717) is 40.8 Å². The number of aromatic nitrogens is 2. The third-order valence-corrected chi connectivity index (χ3v) is 19.3. The van der Waals surface area contributed by atoms with Crippen molar-refractivity contribution >= 4 is 44.4 Å². The molecule has 4 aliphatic rings. The molecule has 3 aromatic carbocycles. The summed E-state index contributed by atoms with van der Waals surface area (Å²) < 4.78 is 28.2. The maximum atomic E-state index is 11.3. The SMILES string of the molecule is CC1(C)CCC[C@@]2(C)C1CC[C@@](C)(O)[C@@H]2CO.COc1cc(I)cc(OC)c1.COc1cc(OC)cc(OC[C@@H]2[C@@]3(C)CCCC(C)(C)C3CC[C@@]2(C)O)c1.Cc1cnc2c(ccc3c(C)c(C)cnc32)c1C. The molecule has 5 aromatic rings. The summed E-state index contributed by atoms with van der Waals surface area (Å²) >= 11 is 2.22. The van der Waals surface area contributed by atoms with Crippen molar-refractivity contribution < 1.29 is 39.0 Å². The number of ether oxygens (including phenoxy) is 5.